The highest BCUT2D eigenvalue weighted by Crippen LogP contribution is 2.23. The van der Waals surface area contributed by atoms with Crippen LogP contribution in [-0.4, -0.2) is 18.3 Å². The average molecular weight is 217 g/mol. The lowest BCUT2D eigenvalue weighted by atomic mass is 10.3. The molecule has 0 saturated carbocycles. The largest absolute Gasteiger partial charge is 0.310 e. The maximum absolute atomic E-state index is 10.9. The van der Waals surface area contributed by atoms with E-state index in [9.17, 15) is 18.5 Å². The summed E-state index contributed by atoms with van der Waals surface area (Å²) in [5, 5.41) is 14.6. The van der Waals surface area contributed by atoms with Gasteiger partial charge < -0.3 is 0 Å². The van der Waals surface area contributed by atoms with Crippen LogP contribution >= 0.6 is 0 Å². The summed E-state index contributed by atoms with van der Waals surface area (Å²) in [4.78, 5) is 13.1. The molecule has 0 radical (unpaired) electrons. The van der Waals surface area contributed by atoms with Gasteiger partial charge in [0.05, 0.1) is 4.92 Å². The van der Waals surface area contributed by atoms with Crippen LogP contribution < -0.4 is 5.14 Å². The van der Waals surface area contributed by atoms with Gasteiger partial charge in [-0.05, 0) is 13.0 Å². The number of pyridine rings is 1. The monoisotopic (exact) mass is 217 g/mol. The van der Waals surface area contributed by atoms with Crippen LogP contribution in [0, 0.1) is 17.0 Å². The lowest BCUT2D eigenvalue weighted by Gasteiger charge is -2.00. The van der Waals surface area contributed by atoms with E-state index in [4.69, 9.17) is 5.14 Å². The van der Waals surface area contributed by atoms with Gasteiger partial charge in [0, 0.05) is 11.8 Å². The number of nitro groups is 1. The third-order valence-corrected chi connectivity index (χ3v) is 2.38. The molecule has 2 N–H and O–H groups in total. The molecule has 0 atom stereocenters. The van der Waals surface area contributed by atoms with Crippen LogP contribution in [-0.2, 0) is 10.0 Å². The summed E-state index contributed by atoms with van der Waals surface area (Å²) in [6.45, 7) is 1.41. The number of hydrogen-bond donors (Lipinski definition) is 1. The van der Waals surface area contributed by atoms with Gasteiger partial charge in [-0.25, -0.2) is 18.5 Å². The lowest BCUT2D eigenvalue weighted by molar-refractivity contribution is -0.388. The molecule has 1 aromatic heterocycles. The van der Waals surface area contributed by atoms with E-state index >= 15 is 0 Å². The maximum Gasteiger partial charge on any atom is 0.310 e. The standard InChI is InChI=1S/C6H7N3O4S/c1-4-2-3-8-6(14(7,12)13)5(4)9(10)11/h2-3H,1H3,(H2,7,12,13). The Balaban J connectivity index is 3.61. The van der Waals surface area contributed by atoms with E-state index in [1.165, 1.54) is 13.0 Å². The third kappa shape index (κ3) is 1.86. The molecule has 0 fully saturated rings. The molecule has 8 heteroatoms. The van der Waals surface area contributed by atoms with Gasteiger partial charge in [-0.1, -0.05) is 0 Å². The number of nitrogens with zero attached hydrogens (tertiary/aromatic N) is 2. The van der Waals surface area contributed by atoms with Crippen LogP contribution in [0.2, 0.25) is 0 Å². The minimum absolute atomic E-state index is 0.203. The van der Waals surface area contributed by atoms with Gasteiger partial charge in [0.25, 0.3) is 10.0 Å². The second-order valence-electron chi connectivity index (χ2n) is 2.58. The number of sulfonamides is 1. The van der Waals surface area contributed by atoms with Crippen LogP contribution in [0.3, 0.4) is 0 Å². The van der Waals surface area contributed by atoms with E-state index in [-0.39, 0.29) is 5.56 Å². The molecule has 7 nitrogen and oxygen atoms in total. The van der Waals surface area contributed by atoms with Crippen LogP contribution in [0.5, 0.6) is 0 Å². The molecule has 1 aromatic rings. The van der Waals surface area contributed by atoms with Crippen molar-refractivity contribution in [2.75, 3.05) is 0 Å². The van der Waals surface area contributed by atoms with Crippen LogP contribution in [0.1, 0.15) is 5.56 Å². The summed E-state index contributed by atoms with van der Waals surface area (Å²) in [5.41, 5.74) is -0.371. The van der Waals surface area contributed by atoms with Gasteiger partial charge in [0.15, 0.2) is 0 Å². The fourth-order valence-corrected chi connectivity index (χ4v) is 1.67. The molecule has 0 amide bonds. The molecule has 0 saturated heterocycles. The van der Waals surface area contributed by atoms with Crippen molar-refractivity contribution in [2.45, 2.75) is 11.9 Å². The minimum Gasteiger partial charge on any atom is -0.258 e. The van der Waals surface area contributed by atoms with E-state index in [0.29, 0.717) is 0 Å². The second-order valence-corrected chi connectivity index (χ2v) is 4.06. The number of aromatic nitrogens is 1. The van der Waals surface area contributed by atoms with E-state index < -0.39 is 25.7 Å². The average Bonchev–Trinajstić information content (AvgIpc) is 2.01. The summed E-state index contributed by atoms with van der Waals surface area (Å²) in [6, 6.07) is 1.34. The molecule has 0 spiro atoms. The fourth-order valence-electron chi connectivity index (χ4n) is 0.956. The number of nitrogens with two attached hydrogens (primary N) is 1. The van der Waals surface area contributed by atoms with Crippen molar-refractivity contribution >= 4 is 15.7 Å². The Labute approximate surface area is 79.8 Å². The molecular weight excluding hydrogens is 210 g/mol. The van der Waals surface area contributed by atoms with Gasteiger partial charge in [0.1, 0.15) is 0 Å². The summed E-state index contributed by atoms with van der Waals surface area (Å²) in [7, 11) is -4.15. The Kier molecular flexibility index (Phi) is 2.49. The Hall–Kier alpha value is -1.54. The highest BCUT2D eigenvalue weighted by Gasteiger charge is 2.26. The van der Waals surface area contributed by atoms with Crippen LogP contribution in [0.4, 0.5) is 5.69 Å². The first-order valence-electron chi connectivity index (χ1n) is 3.47. The maximum atomic E-state index is 10.9. The van der Waals surface area contributed by atoms with Crippen molar-refractivity contribution in [1.29, 1.82) is 0 Å². The third-order valence-electron chi connectivity index (χ3n) is 1.54. The van der Waals surface area contributed by atoms with Crippen molar-refractivity contribution in [2.24, 2.45) is 5.14 Å². The number of hydrogen-bond acceptors (Lipinski definition) is 5. The van der Waals surface area contributed by atoms with E-state index in [1.807, 2.05) is 0 Å². The summed E-state index contributed by atoms with van der Waals surface area (Å²) in [6.07, 6.45) is 1.15. The number of primary sulfonamides is 1. The Morgan fingerprint density at radius 1 is 1.57 bits per heavy atom. The van der Waals surface area contributed by atoms with Crippen LogP contribution in [0.25, 0.3) is 0 Å². The Morgan fingerprint density at radius 2 is 2.14 bits per heavy atom. The first kappa shape index (κ1) is 10.5. The van der Waals surface area contributed by atoms with Crippen molar-refractivity contribution in [3.05, 3.63) is 27.9 Å². The van der Waals surface area contributed by atoms with Crippen molar-refractivity contribution < 1.29 is 13.3 Å². The molecule has 0 aliphatic carbocycles. The van der Waals surface area contributed by atoms with E-state index in [2.05, 4.69) is 4.98 Å². The first-order chi connectivity index (χ1) is 6.34. The molecule has 1 rings (SSSR count). The quantitative estimate of drug-likeness (QED) is 0.550. The molecule has 1 heterocycles. The fraction of sp³-hybridized carbons (Fsp3) is 0.167. The SMILES string of the molecule is Cc1ccnc(S(N)(=O)=O)c1[N+](=O)[O-]. The molecular formula is C6H7N3O4S. The normalized spacial score (nSPS) is 11.3. The Bertz CT molecular complexity index is 482. The van der Waals surface area contributed by atoms with Crippen molar-refractivity contribution in [3.63, 3.8) is 0 Å². The predicted octanol–water partition coefficient (Wildman–Crippen LogP) is -0.0544. The zero-order valence-electron chi connectivity index (χ0n) is 7.17. The molecule has 14 heavy (non-hydrogen) atoms. The smallest absolute Gasteiger partial charge is 0.258 e. The molecule has 0 unspecified atom stereocenters. The second kappa shape index (κ2) is 3.31. The molecule has 0 aliphatic rings. The first-order valence-corrected chi connectivity index (χ1v) is 5.01. The van der Waals surface area contributed by atoms with E-state index in [1.54, 1.807) is 0 Å². The van der Waals surface area contributed by atoms with Gasteiger partial charge in [-0.2, -0.15) is 0 Å². The zero-order chi connectivity index (χ0) is 10.9. The predicted molar refractivity (Wildman–Crippen MR) is 47.0 cm³/mol. The van der Waals surface area contributed by atoms with Gasteiger partial charge in [-0.15, -0.1) is 0 Å². The highest BCUT2D eigenvalue weighted by atomic mass is 32.2. The Morgan fingerprint density at radius 3 is 2.50 bits per heavy atom. The number of aryl methyl sites for hydroxylation is 1. The van der Waals surface area contributed by atoms with Crippen molar-refractivity contribution in [1.82, 2.24) is 4.98 Å². The number of rotatable bonds is 2. The molecule has 0 bridgehead atoms. The van der Waals surface area contributed by atoms with Gasteiger partial charge in [-0.3, -0.25) is 10.1 Å². The molecule has 0 aliphatic heterocycles. The van der Waals surface area contributed by atoms with Crippen molar-refractivity contribution in [3.8, 4) is 0 Å². The topological polar surface area (TPSA) is 116 Å². The summed E-state index contributed by atoms with van der Waals surface area (Å²) < 4.78 is 21.8. The lowest BCUT2D eigenvalue weighted by Crippen LogP contribution is -2.16. The van der Waals surface area contributed by atoms with Crippen LogP contribution in [0.15, 0.2) is 17.3 Å². The summed E-state index contributed by atoms with van der Waals surface area (Å²) >= 11 is 0. The van der Waals surface area contributed by atoms with E-state index in [0.717, 1.165) is 6.20 Å². The molecule has 0 aromatic carbocycles. The van der Waals surface area contributed by atoms with Gasteiger partial charge >= 0.3 is 5.69 Å². The highest BCUT2D eigenvalue weighted by molar-refractivity contribution is 7.89. The van der Waals surface area contributed by atoms with Gasteiger partial charge in [0.2, 0.25) is 5.03 Å². The zero-order valence-corrected chi connectivity index (χ0v) is 7.98. The molecule has 76 valence electrons. The summed E-state index contributed by atoms with van der Waals surface area (Å²) in [5.74, 6) is 0. The minimum atomic E-state index is -4.15.